The molecule has 1 saturated carbocycles. The maximum atomic E-state index is 12.0. The van der Waals surface area contributed by atoms with Crippen molar-refractivity contribution < 1.29 is 4.79 Å². The lowest BCUT2D eigenvalue weighted by Crippen LogP contribution is -2.32. The first-order valence-corrected chi connectivity index (χ1v) is 8.33. The van der Waals surface area contributed by atoms with Crippen molar-refractivity contribution in [1.29, 1.82) is 0 Å². The average molecular weight is 349 g/mol. The first-order valence-electron chi connectivity index (χ1n) is 8.33. The summed E-state index contributed by atoms with van der Waals surface area (Å²) in [7, 11) is 0. The number of amides is 1. The van der Waals surface area contributed by atoms with E-state index in [1.807, 2.05) is 47.4 Å². The van der Waals surface area contributed by atoms with Gasteiger partial charge in [-0.1, -0.05) is 24.6 Å². The first-order chi connectivity index (χ1) is 11.2. The van der Waals surface area contributed by atoms with E-state index in [-0.39, 0.29) is 24.4 Å². The lowest BCUT2D eigenvalue weighted by Gasteiger charge is -2.14. The van der Waals surface area contributed by atoms with Crippen LogP contribution < -0.4 is 11.1 Å². The van der Waals surface area contributed by atoms with Gasteiger partial charge in [0.05, 0.1) is 11.9 Å². The number of rotatable bonds is 6. The molecular weight excluding hydrogens is 324 g/mol. The van der Waals surface area contributed by atoms with E-state index in [1.54, 1.807) is 0 Å². The number of benzene rings is 1. The molecule has 0 spiro atoms. The Morgan fingerprint density at radius 1 is 1.29 bits per heavy atom. The van der Waals surface area contributed by atoms with Gasteiger partial charge in [-0.2, -0.15) is 5.10 Å². The molecule has 1 aliphatic carbocycles. The van der Waals surface area contributed by atoms with Crippen molar-refractivity contribution in [3.63, 3.8) is 0 Å². The zero-order valence-electron chi connectivity index (χ0n) is 13.7. The molecule has 1 amide bonds. The Labute approximate surface area is 149 Å². The number of hydrogen-bond donors (Lipinski definition) is 2. The normalized spacial score (nSPS) is 19.7. The monoisotopic (exact) mass is 348 g/mol. The average Bonchev–Trinajstić information content (AvgIpc) is 3.18. The van der Waals surface area contributed by atoms with Gasteiger partial charge in [0.1, 0.15) is 0 Å². The van der Waals surface area contributed by atoms with Crippen molar-refractivity contribution in [3.8, 4) is 5.69 Å². The third-order valence-corrected chi connectivity index (χ3v) is 4.56. The van der Waals surface area contributed by atoms with Gasteiger partial charge in [-0.15, -0.1) is 12.4 Å². The Hall–Kier alpha value is -1.85. The number of nitrogens with one attached hydrogen (secondary N) is 1. The molecule has 6 heteroatoms. The van der Waals surface area contributed by atoms with Gasteiger partial charge < -0.3 is 11.1 Å². The first kappa shape index (κ1) is 18.5. The minimum atomic E-state index is 0. The van der Waals surface area contributed by atoms with Gasteiger partial charge in [0.2, 0.25) is 5.91 Å². The second kappa shape index (κ2) is 8.85. The second-order valence-corrected chi connectivity index (χ2v) is 6.29. The molecule has 0 bridgehead atoms. The van der Waals surface area contributed by atoms with Gasteiger partial charge >= 0.3 is 0 Å². The summed E-state index contributed by atoms with van der Waals surface area (Å²) in [5, 5.41) is 7.36. The molecule has 0 saturated heterocycles. The van der Waals surface area contributed by atoms with Crippen LogP contribution in [0.15, 0.2) is 42.7 Å². The van der Waals surface area contributed by atoms with Gasteiger partial charge in [-0.25, -0.2) is 4.68 Å². The van der Waals surface area contributed by atoms with Crippen LogP contribution in [-0.2, 0) is 11.2 Å². The molecule has 1 fully saturated rings. The molecule has 2 aromatic rings. The van der Waals surface area contributed by atoms with Crippen molar-refractivity contribution in [3.05, 3.63) is 48.3 Å². The topological polar surface area (TPSA) is 72.9 Å². The van der Waals surface area contributed by atoms with E-state index in [4.69, 9.17) is 5.73 Å². The number of para-hydroxylation sites is 1. The predicted molar refractivity (Wildman–Crippen MR) is 97.5 cm³/mol. The Bertz CT molecular complexity index is 643. The lowest BCUT2D eigenvalue weighted by atomic mass is 10.00. The summed E-state index contributed by atoms with van der Waals surface area (Å²) in [5.74, 6) is 0.471. The molecule has 5 nitrogen and oxygen atoms in total. The third-order valence-electron chi connectivity index (χ3n) is 4.56. The van der Waals surface area contributed by atoms with Crippen molar-refractivity contribution in [2.24, 2.45) is 11.7 Å². The highest BCUT2D eigenvalue weighted by molar-refractivity contribution is 5.85. The van der Waals surface area contributed by atoms with E-state index in [0.29, 0.717) is 18.9 Å². The van der Waals surface area contributed by atoms with E-state index in [2.05, 4.69) is 10.4 Å². The zero-order valence-corrected chi connectivity index (χ0v) is 14.5. The molecule has 0 aliphatic heterocycles. The molecular formula is C18H25ClN4O. The highest BCUT2D eigenvalue weighted by atomic mass is 35.5. The molecule has 0 radical (unpaired) electrons. The van der Waals surface area contributed by atoms with Crippen LogP contribution in [0.4, 0.5) is 0 Å². The van der Waals surface area contributed by atoms with Crippen LogP contribution in [0.1, 0.15) is 31.2 Å². The number of nitrogens with zero attached hydrogens (tertiary/aromatic N) is 2. The van der Waals surface area contributed by atoms with E-state index in [9.17, 15) is 4.79 Å². The van der Waals surface area contributed by atoms with Gasteiger partial charge in [-0.05, 0) is 42.9 Å². The smallest absolute Gasteiger partial charge is 0.220 e. The van der Waals surface area contributed by atoms with Crippen LogP contribution in [0.2, 0.25) is 0 Å². The molecule has 2 atom stereocenters. The molecule has 1 heterocycles. The number of carbonyl (C=O) groups is 1. The number of halogens is 1. The van der Waals surface area contributed by atoms with Gasteiger partial charge in [-0.3, -0.25) is 4.79 Å². The van der Waals surface area contributed by atoms with E-state index in [1.165, 1.54) is 0 Å². The quantitative estimate of drug-likeness (QED) is 0.842. The van der Waals surface area contributed by atoms with Crippen molar-refractivity contribution >= 4 is 18.3 Å². The minimum Gasteiger partial charge on any atom is -0.356 e. The number of nitrogens with two attached hydrogens (primary N) is 1. The van der Waals surface area contributed by atoms with E-state index in [0.717, 1.165) is 36.9 Å². The van der Waals surface area contributed by atoms with E-state index < -0.39 is 0 Å². The molecule has 130 valence electrons. The fourth-order valence-electron chi connectivity index (χ4n) is 3.19. The van der Waals surface area contributed by atoms with Gasteiger partial charge in [0.15, 0.2) is 0 Å². The molecule has 0 unspecified atom stereocenters. The van der Waals surface area contributed by atoms with Crippen molar-refractivity contribution in [2.75, 3.05) is 6.54 Å². The Morgan fingerprint density at radius 2 is 2.08 bits per heavy atom. The minimum absolute atomic E-state index is 0. The Balaban J connectivity index is 0.00000208. The predicted octanol–water partition coefficient (Wildman–Crippen LogP) is 2.47. The van der Waals surface area contributed by atoms with Crippen LogP contribution in [0.5, 0.6) is 0 Å². The van der Waals surface area contributed by atoms with Crippen LogP contribution in [0, 0.1) is 5.92 Å². The molecule has 24 heavy (non-hydrogen) atoms. The molecule has 1 aromatic heterocycles. The summed E-state index contributed by atoms with van der Waals surface area (Å²) in [6, 6.07) is 10.2. The number of aromatic nitrogens is 2. The van der Waals surface area contributed by atoms with Crippen molar-refractivity contribution in [1.82, 2.24) is 15.1 Å². The maximum Gasteiger partial charge on any atom is 0.220 e. The Kier molecular flexibility index (Phi) is 6.82. The summed E-state index contributed by atoms with van der Waals surface area (Å²) >= 11 is 0. The molecule has 3 rings (SSSR count). The maximum absolute atomic E-state index is 12.0. The highest BCUT2D eigenvalue weighted by Gasteiger charge is 2.25. The van der Waals surface area contributed by atoms with Gasteiger partial charge in [0.25, 0.3) is 0 Å². The summed E-state index contributed by atoms with van der Waals surface area (Å²) in [5.41, 5.74) is 8.17. The summed E-state index contributed by atoms with van der Waals surface area (Å²) in [6.07, 6.45) is 8.49. The third kappa shape index (κ3) is 4.82. The summed E-state index contributed by atoms with van der Waals surface area (Å²) < 4.78 is 1.86. The lowest BCUT2D eigenvalue weighted by molar-refractivity contribution is -0.122. The van der Waals surface area contributed by atoms with Gasteiger partial charge in [0, 0.05) is 25.2 Å². The Morgan fingerprint density at radius 3 is 2.79 bits per heavy atom. The SMILES string of the molecule is Cl.N[C@@H]1CCC[C@H]1CC(=O)NCCc1cnn(-c2ccccc2)c1. The summed E-state index contributed by atoms with van der Waals surface area (Å²) in [4.78, 5) is 12.0. The summed E-state index contributed by atoms with van der Waals surface area (Å²) in [6.45, 7) is 0.640. The van der Waals surface area contributed by atoms with Crippen molar-refractivity contribution in [2.45, 2.75) is 38.1 Å². The number of hydrogen-bond acceptors (Lipinski definition) is 3. The van der Waals surface area contributed by atoms with Crippen LogP contribution in [-0.4, -0.2) is 28.3 Å². The largest absolute Gasteiger partial charge is 0.356 e. The fourth-order valence-corrected chi connectivity index (χ4v) is 3.19. The van der Waals surface area contributed by atoms with Crippen LogP contribution in [0.25, 0.3) is 5.69 Å². The van der Waals surface area contributed by atoms with Crippen LogP contribution >= 0.6 is 12.4 Å². The zero-order chi connectivity index (χ0) is 16.1. The standard InChI is InChI=1S/C18H24N4O.ClH/c19-17-8-4-5-15(17)11-18(23)20-10-9-14-12-21-22(13-14)16-6-2-1-3-7-16;/h1-3,6-7,12-13,15,17H,4-5,8-11,19H2,(H,20,23);1H/t15-,17+;/m0./s1. The molecule has 3 N–H and O–H groups in total. The van der Waals surface area contributed by atoms with E-state index >= 15 is 0 Å². The highest BCUT2D eigenvalue weighted by Crippen LogP contribution is 2.26. The molecule has 1 aliphatic rings. The molecule has 1 aromatic carbocycles. The second-order valence-electron chi connectivity index (χ2n) is 6.29. The number of carbonyl (C=O) groups excluding carboxylic acids is 1. The van der Waals surface area contributed by atoms with Crippen LogP contribution in [0.3, 0.4) is 0 Å². The fraction of sp³-hybridized carbons (Fsp3) is 0.444.